The molecule has 9 nitrogen and oxygen atoms in total. The van der Waals surface area contributed by atoms with E-state index in [0.29, 0.717) is 32.2 Å². The molecule has 0 radical (unpaired) electrons. The van der Waals surface area contributed by atoms with Crippen LogP contribution >= 0.6 is 0 Å². The second-order valence-corrected chi connectivity index (χ2v) is 11.4. The largest absolute Gasteiger partial charge is 0.462 e. The Morgan fingerprint density at radius 3 is 1.29 bits per heavy atom. The molecule has 0 aliphatic heterocycles. The molecule has 42 heavy (non-hydrogen) atoms. The number of nitrogens with two attached hydrogens (primary N) is 2. The Bertz CT molecular complexity index is 697. The van der Waals surface area contributed by atoms with Crippen LogP contribution in [0.3, 0.4) is 0 Å². The van der Waals surface area contributed by atoms with Gasteiger partial charge in [-0.25, -0.2) is 0 Å². The number of rotatable bonds is 30. The third-order valence-electron chi connectivity index (χ3n) is 7.21. The van der Waals surface area contributed by atoms with E-state index < -0.39 is 12.1 Å². The van der Waals surface area contributed by atoms with Gasteiger partial charge in [0.25, 0.3) is 0 Å². The Kier molecular flexibility index (Phi) is 28.5. The molecule has 0 rings (SSSR count). The van der Waals surface area contributed by atoms with Crippen molar-refractivity contribution < 1.29 is 28.6 Å². The van der Waals surface area contributed by atoms with Gasteiger partial charge in [0.05, 0.1) is 0 Å². The maximum atomic E-state index is 12.5. The lowest BCUT2D eigenvalue weighted by Crippen LogP contribution is -2.30. The third-order valence-corrected chi connectivity index (χ3v) is 7.21. The van der Waals surface area contributed by atoms with E-state index in [9.17, 15) is 14.4 Å². The van der Waals surface area contributed by atoms with Crippen molar-refractivity contribution in [3.8, 4) is 0 Å². The molecule has 0 fully saturated rings. The van der Waals surface area contributed by atoms with E-state index in [2.05, 4.69) is 18.8 Å². The van der Waals surface area contributed by atoms with Gasteiger partial charge in [0.2, 0.25) is 0 Å². The minimum atomic E-state index is -0.811. The number of hydrogen-bond acceptors (Lipinski definition) is 7. The standard InChI is InChI=1S/C33H63N3O6/c1-3-5-7-9-11-13-15-17-19-23-30(37)40-27-29(28-41-31(38)24-21-22-26-36-33(34)35)42-32(39)25-20-18-16-14-12-10-8-6-4-2/h29H,3-28H2,1-2H3,(H4,34,35,36)/t29-/m1/s1. The van der Waals surface area contributed by atoms with Crippen LogP contribution in [0.2, 0.25) is 0 Å². The number of carbonyl (C=O) groups excluding carboxylic acids is 3. The molecule has 0 aromatic rings. The normalized spacial score (nSPS) is 11.6. The number of guanidine groups is 1. The number of ether oxygens (including phenoxy) is 3. The smallest absolute Gasteiger partial charge is 0.306 e. The summed E-state index contributed by atoms with van der Waals surface area (Å²) in [5.41, 5.74) is 10.6. The zero-order chi connectivity index (χ0) is 31.1. The lowest BCUT2D eigenvalue weighted by Gasteiger charge is -2.18. The number of carbonyl (C=O) groups is 3. The summed E-state index contributed by atoms with van der Waals surface area (Å²) in [5, 5.41) is 0. The molecule has 0 aromatic carbocycles. The van der Waals surface area contributed by atoms with Crippen LogP contribution in [0.4, 0.5) is 0 Å². The summed E-state index contributed by atoms with van der Waals surface area (Å²) in [6.07, 6.45) is 22.2. The molecule has 0 unspecified atom stereocenters. The summed E-state index contributed by atoms with van der Waals surface area (Å²) >= 11 is 0. The first-order chi connectivity index (χ1) is 20.4. The van der Waals surface area contributed by atoms with Crippen LogP contribution < -0.4 is 11.5 Å². The molecule has 0 heterocycles. The highest BCUT2D eigenvalue weighted by Crippen LogP contribution is 2.13. The van der Waals surface area contributed by atoms with Gasteiger partial charge in [-0.2, -0.15) is 0 Å². The van der Waals surface area contributed by atoms with Crippen molar-refractivity contribution in [1.29, 1.82) is 0 Å². The van der Waals surface area contributed by atoms with E-state index in [1.54, 1.807) is 0 Å². The Balaban J connectivity index is 4.37. The maximum absolute atomic E-state index is 12.5. The van der Waals surface area contributed by atoms with Gasteiger partial charge in [0.1, 0.15) is 13.2 Å². The Morgan fingerprint density at radius 1 is 0.524 bits per heavy atom. The molecule has 0 aliphatic carbocycles. The van der Waals surface area contributed by atoms with Gasteiger partial charge in [-0.15, -0.1) is 0 Å². The SMILES string of the molecule is CCCCCCCCCCCC(=O)OC[C@H](COC(=O)CCCCN=C(N)N)OC(=O)CCCCCCCCCCC. The van der Waals surface area contributed by atoms with Crippen molar-refractivity contribution in [3.63, 3.8) is 0 Å². The van der Waals surface area contributed by atoms with Crippen molar-refractivity contribution in [2.24, 2.45) is 16.5 Å². The molecule has 1 atom stereocenters. The average molecular weight is 598 g/mol. The number of unbranched alkanes of at least 4 members (excludes halogenated alkanes) is 17. The van der Waals surface area contributed by atoms with Gasteiger partial charge in [-0.3, -0.25) is 19.4 Å². The van der Waals surface area contributed by atoms with Gasteiger partial charge in [0, 0.05) is 25.8 Å². The van der Waals surface area contributed by atoms with E-state index in [-0.39, 0.29) is 37.5 Å². The fourth-order valence-electron chi connectivity index (χ4n) is 4.63. The van der Waals surface area contributed by atoms with E-state index in [0.717, 1.165) is 38.5 Å². The maximum Gasteiger partial charge on any atom is 0.306 e. The summed E-state index contributed by atoms with van der Waals surface area (Å²) in [7, 11) is 0. The molecule has 0 saturated carbocycles. The first kappa shape index (κ1) is 39.7. The second kappa shape index (κ2) is 30.1. The predicted octanol–water partition coefficient (Wildman–Crippen LogP) is 7.27. The molecular weight excluding hydrogens is 534 g/mol. The van der Waals surface area contributed by atoms with Crippen molar-refractivity contribution in [3.05, 3.63) is 0 Å². The first-order valence-corrected chi connectivity index (χ1v) is 16.9. The quantitative estimate of drug-likeness (QED) is 0.0289. The summed E-state index contributed by atoms with van der Waals surface area (Å²) in [4.78, 5) is 40.8. The van der Waals surface area contributed by atoms with E-state index in [1.807, 2.05) is 0 Å². The number of aliphatic imine (C=N–C) groups is 1. The molecule has 246 valence electrons. The Morgan fingerprint density at radius 2 is 0.881 bits per heavy atom. The number of esters is 3. The van der Waals surface area contributed by atoms with E-state index in [1.165, 1.54) is 77.0 Å². The zero-order valence-corrected chi connectivity index (χ0v) is 27.0. The van der Waals surface area contributed by atoms with Crippen LogP contribution in [0.5, 0.6) is 0 Å². The van der Waals surface area contributed by atoms with Crippen LogP contribution in [-0.2, 0) is 28.6 Å². The Hall–Kier alpha value is -2.32. The predicted molar refractivity (Wildman–Crippen MR) is 170 cm³/mol. The first-order valence-electron chi connectivity index (χ1n) is 16.9. The van der Waals surface area contributed by atoms with Crippen LogP contribution in [0.25, 0.3) is 0 Å². The Labute approximate surface area is 256 Å². The van der Waals surface area contributed by atoms with Crippen LogP contribution in [0.1, 0.15) is 162 Å². The molecule has 9 heteroatoms. The monoisotopic (exact) mass is 597 g/mol. The van der Waals surface area contributed by atoms with Crippen LogP contribution in [-0.4, -0.2) is 49.7 Å². The fraction of sp³-hybridized carbons (Fsp3) is 0.879. The lowest BCUT2D eigenvalue weighted by atomic mass is 10.1. The van der Waals surface area contributed by atoms with Crippen LogP contribution in [0.15, 0.2) is 4.99 Å². The second-order valence-electron chi connectivity index (χ2n) is 11.4. The molecule has 0 aromatic heterocycles. The van der Waals surface area contributed by atoms with Crippen LogP contribution in [0, 0.1) is 0 Å². The molecule has 0 saturated heterocycles. The molecule has 0 bridgehead atoms. The van der Waals surface area contributed by atoms with E-state index >= 15 is 0 Å². The topological polar surface area (TPSA) is 143 Å². The van der Waals surface area contributed by atoms with Crippen molar-refractivity contribution >= 4 is 23.9 Å². The number of nitrogens with zero attached hydrogens (tertiary/aromatic N) is 1. The molecule has 0 amide bonds. The number of hydrogen-bond donors (Lipinski definition) is 2. The van der Waals surface area contributed by atoms with Gasteiger partial charge < -0.3 is 25.7 Å². The minimum absolute atomic E-state index is 0.0250. The molecule has 0 aliphatic rings. The van der Waals surface area contributed by atoms with Crippen molar-refractivity contribution in [2.45, 2.75) is 168 Å². The molecule has 4 N–H and O–H groups in total. The highest BCUT2D eigenvalue weighted by molar-refractivity contribution is 5.75. The summed E-state index contributed by atoms with van der Waals surface area (Å²) in [6.45, 7) is 4.63. The van der Waals surface area contributed by atoms with Gasteiger partial charge in [-0.1, -0.05) is 117 Å². The third kappa shape index (κ3) is 29.2. The van der Waals surface area contributed by atoms with Gasteiger partial charge >= 0.3 is 17.9 Å². The summed E-state index contributed by atoms with van der Waals surface area (Å²) < 4.78 is 16.3. The van der Waals surface area contributed by atoms with Crippen molar-refractivity contribution in [1.82, 2.24) is 0 Å². The lowest BCUT2D eigenvalue weighted by molar-refractivity contribution is -0.167. The van der Waals surface area contributed by atoms with Crippen molar-refractivity contribution in [2.75, 3.05) is 19.8 Å². The summed E-state index contributed by atoms with van der Waals surface area (Å²) in [6, 6.07) is 0. The van der Waals surface area contributed by atoms with E-state index in [4.69, 9.17) is 25.7 Å². The summed E-state index contributed by atoms with van der Waals surface area (Å²) in [5.74, 6) is -1.05. The zero-order valence-electron chi connectivity index (χ0n) is 27.0. The fourth-order valence-corrected chi connectivity index (χ4v) is 4.63. The minimum Gasteiger partial charge on any atom is -0.462 e. The molecule has 0 spiro atoms. The van der Waals surface area contributed by atoms with Gasteiger partial charge in [-0.05, 0) is 25.7 Å². The van der Waals surface area contributed by atoms with Gasteiger partial charge in [0.15, 0.2) is 12.1 Å². The molecular formula is C33H63N3O6. The highest BCUT2D eigenvalue weighted by atomic mass is 16.6. The highest BCUT2D eigenvalue weighted by Gasteiger charge is 2.19. The average Bonchev–Trinajstić information content (AvgIpc) is 2.96.